The van der Waals surface area contributed by atoms with E-state index in [0.29, 0.717) is 37.9 Å². The first kappa shape index (κ1) is 27.4. The molecule has 0 bridgehead atoms. The molecule has 1 fully saturated rings. The van der Waals surface area contributed by atoms with Gasteiger partial charge in [0.15, 0.2) is 6.29 Å². The molecule has 5 nitrogen and oxygen atoms in total. The molecule has 1 heterocycles. The molecule has 0 aliphatic carbocycles. The molecule has 0 radical (unpaired) electrons. The van der Waals surface area contributed by atoms with E-state index in [-0.39, 0.29) is 12.9 Å². The quantitative estimate of drug-likeness (QED) is 0.202. The van der Waals surface area contributed by atoms with Crippen molar-refractivity contribution in [1.29, 1.82) is 0 Å². The van der Waals surface area contributed by atoms with E-state index in [1.807, 2.05) is 54.6 Å². The summed E-state index contributed by atoms with van der Waals surface area (Å²) in [4.78, 5) is 0. The van der Waals surface area contributed by atoms with E-state index in [9.17, 15) is 5.11 Å². The van der Waals surface area contributed by atoms with Crippen molar-refractivity contribution in [2.24, 2.45) is 0 Å². The van der Waals surface area contributed by atoms with E-state index in [1.165, 1.54) is 0 Å². The maximum atomic E-state index is 9.87. The monoisotopic (exact) mass is 522 g/mol. The first-order valence-electron chi connectivity index (χ1n) is 12.9. The molecule has 1 saturated heterocycles. The van der Waals surface area contributed by atoms with Crippen LogP contribution < -0.4 is 4.74 Å². The van der Waals surface area contributed by atoms with Crippen LogP contribution in [-0.2, 0) is 14.2 Å². The van der Waals surface area contributed by atoms with Gasteiger partial charge < -0.3 is 24.1 Å². The lowest BCUT2D eigenvalue weighted by molar-refractivity contribution is -0.169. The largest absolute Gasteiger partial charge is 0.491 e. The molecule has 0 spiro atoms. The number of aliphatic hydroxyl groups excluding tert-OH is 1. The Kier molecular flexibility index (Phi) is 11.0. The van der Waals surface area contributed by atoms with Gasteiger partial charge in [0.1, 0.15) is 12.4 Å². The number of benzene rings is 3. The zero-order chi connectivity index (χ0) is 25.7. The second-order valence-electron chi connectivity index (χ2n) is 8.85. The van der Waals surface area contributed by atoms with Crippen LogP contribution in [0.25, 0.3) is 11.1 Å². The molecule has 1 N–H and O–H groups in total. The molecule has 1 atom stereocenters. The van der Waals surface area contributed by atoms with E-state index in [0.717, 1.165) is 59.5 Å². The summed E-state index contributed by atoms with van der Waals surface area (Å²) in [6.45, 7) is 2.83. The maximum absolute atomic E-state index is 9.87. The highest BCUT2D eigenvalue weighted by molar-refractivity contribution is 6.30. The molecule has 1 aliphatic rings. The number of halogens is 1. The predicted molar refractivity (Wildman–Crippen MR) is 148 cm³/mol. The summed E-state index contributed by atoms with van der Waals surface area (Å²) in [5.74, 6) is 0.776. The molecular formula is C31H35ClO5. The van der Waals surface area contributed by atoms with Crippen molar-refractivity contribution >= 4 is 22.7 Å². The maximum Gasteiger partial charge on any atom is 0.157 e. The second kappa shape index (κ2) is 14.9. The van der Waals surface area contributed by atoms with Gasteiger partial charge in [-0.1, -0.05) is 66.2 Å². The highest BCUT2D eigenvalue weighted by Gasteiger charge is 2.15. The van der Waals surface area contributed by atoms with Crippen LogP contribution in [0, 0.1) is 0 Å². The fraction of sp³-hybridized carbons (Fsp3) is 0.355. The topological polar surface area (TPSA) is 57.2 Å². The van der Waals surface area contributed by atoms with E-state index < -0.39 is 0 Å². The molecule has 6 heteroatoms. The lowest BCUT2D eigenvalue weighted by Gasteiger charge is -2.22. The van der Waals surface area contributed by atoms with Gasteiger partial charge in [-0.25, -0.2) is 0 Å². The molecule has 1 unspecified atom stereocenters. The molecule has 1 aliphatic heterocycles. The zero-order valence-electron chi connectivity index (χ0n) is 21.1. The molecule has 0 saturated carbocycles. The van der Waals surface area contributed by atoms with Gasteiger partial charge in [0.05, 0.1) is 19.8 Å². The zero-order valence-corrected chi connectivity index (χ0v) is 21.9. The fourth-order valence-electron chi connectivity index (χ4n) is 4.42. The van der Waals surface area contributed by atoms with Crippen LogP contribution in [0.4, 0.5) is 0 Å². The van der Waals surface area contributed by atoms with Crippen LogP contribution in [0.3, 0.4) is 0 Å². The predicted octanol–water partition coefficient (Wildman–Crippen LogP) is 6.62. The van der Waals surface area contributed by atoms with Gasteiger partial charge in [0.2, 0.25) is 0 Å². The molecular weight excluding hydrogens is 488 g/mol. The number of rotatable bonds is 13. The molecule has 3 aromatic rings. The van der Waals surface area contributed by atoms with Gasteiger partial charge in [0.25, 0.3) is 0 Å². The fourth-order valence-corrected chi connectivity index (χ4v) is 4.54. The highest BCUT2D eigenvalue weighted by atomic mass is 35.5. The number of ether oxygens (including phenoxy) is 4. The molecule has 0 aromatic heterocycles. The number of hydrogen-bond donors (Lipinski definition) is 1. The van der Waals surface area contributed by atoms with Crippen LogP contribution in [0.1, 0.15) is 42.4 Å². The van der Waals surface area contributed by atoms with Crippen LogP contribution in [-0.4, -0.2) is 51.0 Å². The van der Waals surface area contributed by atoms with Gasteiger partial charge in [-0.05, 0) is 77.8 Å². The first-order chi connectivity index (χ1) is 18.2. The lowest BCUT2D eigenvalue weighted by atomic mass is 9.88. The lowest BCUT2D eigenvalue weighted by Crippen LogP contribution is -2.24. The first-order valence-corrected chi connectivity index (χ1v) is 13.3. The Morgan fingerprint density at radius 3 is 2.19 bits per heavy atom. The Morgan fingerprint density at radius 1 is 0.811 bits per heavy atom. The third-order valence-electron chi connectivity index (χ3n) is 6.23. The second-order valence-corrected chi connectivity index (χ2v) is 9.29. The van der Waals surface area contributed by atoms with E-state index in [2.05, 4.69) is 24.3 Å². The minimum atomic E-state index is -0.0845. The van der Waals surface area contributed by atoms with E-state index in [4.69, 9.17) is 30.5 Å². The van der Waals surface area contributed by atoms with E-state index >= 15 is 0 Å². The Morgan fingerprint density at radius 2 is 1.51 bits per heavy atom. The Bertz CT molecular complexity index is 1090. The van der Waals surface area contributed by atoms with Gasteiger partial charge in [0, 0.05) is 18.2 Å². The smallest absolute Gasteiger partial charge is 0.157 e. The third kappa shape index (κ3) is 8.42. The minimum Gasteiger partial charge on any atom is -0.491 e. The Hall–Kier alpha value is -2.67. The van der Waals surface area contributed by atoms with Crippen molar-refractivity contribution in [3.05, 3.63) is 101 Å². The Labute approximate surface area is 224 Å². The van der Waals surface area contributed by atoms with Gasteiger partial charge in [-0.15, -0.1) is 0 Å². The highest BCUT2D eigenvalue weighted by Crippen LogP contribution is 2.35. The van der Waals surface area contributed by atoms with Crippen molar-refractivity contribution in [2.75, 3.05) is 39.6 Å². The molecule has 4 rings (SSSR count). The SMILES string of the molecule is OCC/C(=C(\c1ccc(Cl)cc1)c1ccc(OCCOCCOC2CCCCO2)cc1)c1ccccc1. The summed E-state index contributed by atoms with van der Waals surface area (Å²) in [6, 6.07) is 26.0. The summed E-state index contributed by atoms with van der Waals surface area (Å²) in [5.41, 5.74) is 5.31. The summed E-state index contributed by atoms with van der Waals surface area (Å²) in [7, 11) is 0. The van der Waals surface area contributed by atoms with Gasteiger partial charge in [-0.2, -0.15) is 0 Å². The molecule has 196 valence electrons. The van der Waals surface area contributed by atoms with Crippen molar-refractivity contribution < 1.29 is 24.1 Å². The summed E-state index contributed by atoms with van der Waals surface area (Å²) < 4.78 is 22.8. The summed E-state index contributed by atoms with van der Waals surface area (Å²) in [5, 5.41) is 10.6. The van der Waals surface area contributed by atoms with Crippen molar-refractivity contribution in [3.8, 4) is 5.75 Å². The van der Waals surface area contributed by atoms with Crippen LogP contribution in [0.2, 0.25) is 5.02 Å². The van der Waals surface area contributed by atoms with E-state index in [1.54, 1.807) is 0 Å². The van der Waals surface area contributed by atoms with Crippen LogP contribution in [0.15, 0.2) is 78.9 Å². The van der Waals surface area contributed by atoms with Crippen molar-refractivity contribution in [3.63, 3.8) is 0 Å². The van der Waals surface area contributed by atoms with Gasteiger partial charge in [-0.3, -0.25) is 0 Å². The average molecular weight is 523 g/mol. The van der Waals surface area contributed by atoms with Crippen molar-refractivity contribution in [2.45, 2.75) is 32.0 Å². The minimum absolute atomic E-state index is 0.0568. The molecule has 0 amide bonds. The number of hydrogen-bond acceptors (Lipinski definition) is 5. The standard InChI is InChI=1S/C31H35ClO5/c32-27-13-9-25(10-14-27)31(29(17-18-33)24-6-2-1-3-7-24)26-11-15-28(16-12-26)35-22-20-34-21-23-37-30-8-4-5-19-36-30/h1-3,6-7,9-16,30,33H,4-5,8,17-23H2/b31-29-. The van der Waals surface area contributed by atoms with Gasteiger partial charge >= 0.3 is 0 Å². The summed E-state index contributed by atoms with van der Waals surface area (Å²) in [6.07, 6.45) is 3.68. The van der Waals surface area contributed by atoms with Crippen molar-refractivity contribution in [1.82, 2.24) is 0 Å². The molecule has 3 aromatic carbocycles. The molecule has 37 heavy (non-hydrogen) atoms. The third-order valence-corrected chi connectivity index (χ3v) is 6.48. The normalized spacial score (nSPS) is 16.3. The Balaban J connectivity index is 1.39. The average Bonchev–Trinajstić information content (AvgIpc) is 2.95. The van der Waals surface area contributed by atoms with Crippen LogP contribution >= 0.6 is 11.6 Å². The summed E-state index contributed by atoms with van der Waals surface area (Å²) >= 11 is 6.17. The number of aliphatic hydroxyl groups is 1. The van der Waals surface area contributed by atoms with Crippen LogP contribution in [0.5, 0.6) is 5.75 Å².